The number of rotatable bonds is 10. The van der Waals surface area contributed by atoms with Crippen LogP contribution >= 0.6 is 11.6 Å². The van der Waals surface area contributed by atoms with Gasteiger partial charge in [0.25, 0.3) is 0 Å². The van der Waals surface area contributed by atoms with Gasteiger partial charge < -0.3 is 10.2 Å². The zero-order valence-electron chi connectivity index (χ0n) is 18.3. The minimum Gasteiger partial charge on any atom is -0.354 e. The van der Waals surface area contributed by atoms with E-state index in [1.165, 1.54) is 0 Å². The Bertz CT molecular complexity index is 1010. The Morgan fingerprint density at radius 2 is 1.50 bits per heavy atom. The van der Waals surface area contributed by atoms with Gasteiger partial charge in [-0.3, -0.25) is 9.59 Å². The van der Waals surface area contributed by atoms with Crippen molar-refractivity contribution in [3.63, 3.8) is 0 Å². The van der Waals surface area contributed by atoms with E-state index in [4.69, 9.17) is 11.6 Å². The summed E-state index contributed by atoms with van der Waals surface area (Å²) in [5.74, 6) is -0.233. The van der Waals surface area contributed by atoms with Crippen molar-refractivity contribution in [3.05, 3.63) is 107 Å². The van der Waals surface area contributed by atoms with Crippen molar-refractivity contribution in [1.29, 1.82) is 0 Å². The fourth-order valence-corrected chi connectivity index (χ4v) is 3.84. The molecule has 1 atom stereocenters. The fraction of sp³-hybridized carbons (Fsp3) is 0.259. The molecule has 0 aliphatic rings. The van der Waals surface area contributed by atoms with Crippen LogP contribution in [0, 0.1) is 0 Å². The molecule has 5 heteroatoms. The van der Waals surface area contributed by atoms with E-state index in [0.717, 1.165) is 23.1 Å². The van der Waals surface area contributed by atoms with E-state index < -0.39 is 6.04 Å². The fourth-order valence-electron chi connectivity index (χ4n) is 3.62. The minimum atomic E-state index is -0.626. The van der Waals surface area contributed by atoms with Gasteiger partial charge in [-0.2, -0.15) is 0 Å². The Morgan fingerprint density at radius 1 is 0.875 bits per heavy atom. The van der Waals surface area contributed by atoms with E-state index >= 15 is 0 Å². The van der Waals surface area contributed by atoms with Gasteiger partial charge >= 0.3 is 0 Å². The van der Waals surface area contributed by atoms with E-state index in [1.54, 1.807) is 11.0 Å². The molecule has 2 amide bonds. The van der Waals surface area contributed by atoms with Gasteiger partial charge in [-0.25, -0.2) is 0 Å². The van der Waals surface area contributed by atoms with Crippen molar-refractivity contribution in [2.45, 2.75) is 38.8 Å². The van der Waals surface area contributed by atoms with Gasteiger partial charge in [0.05, 0.1) is 6.42 Å². The van der Waals surface area contributed by atoms with Gasteiger partial charge in [0.15, 0.2) is 0 Å². The maximum Gasteiger partial charge on any atom is 0.243 e. The quantitative estimate of drug-likeness (QED) is 0.472. The summed E-state index contributed by atoms with van der Waals surface area (Å²) in [5.41, 5.74) is 2.81. The van der Waals surface area contributed by atoms with Crippen LogP contribution in [0.5, 0.6) is 0 Å². The molecule has 32 heavy (non-hydrogen) atoms. The van der Waals surface area contributed by atoms with Crippen LogP contribution in [-0.4, -0.2) is 29.3 Å². The monoisotopic (exact) mass is 448 g/mol. The van der Waals surface area contributed by atoms with E-state index in [9.17, 15) is 9.59 Å². The molecule has 0 fully saturated rings. The molecule has 1 N–H and O–H groups in total. The molecule has 0 radical (unpaired) electrons. The highest BCUT2D eigenvalue weighted by Crippen LogP contribution is 2.18. The Balaban J connectivity index is 1.94. The summed E-state index contributed by atoms with van der Waals surface area (Å²) in [5, 5.41) is 3.59. The first-order valence-corrected chi connectivity index (χ1v) is 11.3. The van der Waals surface area contributed by atoms with Gasteiger partial charge in [-0.15, -0.1) is 0 Å². The standard InChI is InChI=1S/C27H29ClN2O2/c1-2-16-29-27(32)25(18-21-10-5-3-6-11-21)30(20-23-14-9-15-24(28)17-23)26(31)19-22-12-7-4-8-13-22/h3-15,17,25H,2,16,18-20H2,1H3,(H,29,32)/t25-/m0/s1. The van der Waals surface area contributed by atoms with Gasteiger partial charge in [-0.05, 0) is 35.2 Å². The second kappa shape index (κ2) is 12.1. The van der Waals surface area contributed by atoms with E-state index in [-0.39, 0.29) is 18.2 Å². The smallest absolute Gasteiger partial charge is 0.243 e. The van der Waals surface area contributed by atoms with Crippen molar-refractivity contribution < 1.29 is 9.59 Å². The van der Waals surface area contributed by atoms with Crippen LogP contribution in [0.25, 0.3) is 0 Å². The summed E-state index contributed by atoms with van der Waals surface area (Å²) in [6.45, 7) is 2.89. The van der Waals surface area contributed by atoms with Crippen LogP contribution in [-0.2, 0) is 29.0 Å². The highest BCUT2D eigenvalue weighted by atomic mass is 35.5. The van der Waals surface area contributed by atoms with Crippen LogP contribution < -0.4 is 5.32 Å². The molecule has 0 saturated carbocycles. The highest BCUT2D eigenvalue weighted by Gasteiger charge is 2.30. The van der Waals surface area contributed by atoms with Crippen LogP contribution in [0.2, 0.25) is 5.02 Å². The molecule has 3 aromatic carbocycles. The topological polar surface area (TPSA) is 49.4 Å². The van der Waals surface area contributed by atoms with Gasteiger partial charge in [-0.1, -0.05) is 91.3 Å². The first-order chi connectivity index (χ1) is 15.6. The average molecular weight is 449 g/mol. The first-order valence-electron chi connectivity index (χ1n) is 11.0. The number of nitrogens with one attached hydrogen (secondary N) is 1. The molecule has 3 rings (SSSR count). The van der Waals surface area contributed by atoms with Crippen LogP contribution in [0.1, 0.15) is 30.0 Å². The summed E-state index contributed by atoms with van der Waals surface area (Å²) in [6, 6.07) is 26.2. The predicted octanol–water partition coefficient (Wildman–Crippen LogP) is 5.05. The normalized spacial score (nSPS) is 11.6. The summed E-state index contributed by atoms with van der Waals surface area (Å²) >= 11 is 6.20. The predicted molar refractivity (Wildman–Crippen MR) is 129 cm³/mol. The number of hydrogen-bond donors (Lipinski definition) is 1. The molecular formula is C27H29ClN2O2. The van der Waals surface area contributed by atoms with Gasteiger partial charge in [0.1, 0.15) is 6.04 Å². The number of hydrogen-bond acceptors (Lipinski definition) is 2. The first kappa shape index (κ1) is 23.6. The molecule has 0 heterocycles. The Kier molecular flexibility index (Phi) is 8.88. The van der Waals surface area contributed by atoms with Crippen molar-refractivity contribution >= 4 is 23.4 Å². The Hall–Kier alpha value is -3.11. The van der Waals surface area contributed by atoms with Crippen molar-refractivity contribution in [2.24, 2.45) is 0 Å². The molecule has 0 aromatic heterocycles. The molecule has 4 nitrogen and oxygen atoms in total. The number of carbonyl (C=O) groups excluding carboxylic acids is 2. The Morgan fingerprint density at radius 3 is 2.12 bits per heavy atom. The third kappa shape index (κ3) is 6.96. The summed E-state index contributed by atoms with van der Waals surface area (Å²) in [4.78, 5) is 28.4. The number of benzene rings is 3. The lowest BCUT2D eigenvalue weighted by Gasteiger charge is -2.31. The zero-order valence-corrected chi connectivity index (χ0v) is 19.1. The summed E-state index contributed by atoms with van der Waals surface area (Å²) < 4.78 is 0. The van der Waals surface area contributed by atoms with E-state index in [0.29, 0.717) is 24.5 Å². The number of carbonyl (C=O) groups is 2. The van der Waals surface area contributed by atoms with Gasteiger partial charge in [0, 0.05) is 24.5 Å². The summed E-state index contributed by atoms with van der Waals surface area (Å²) in [6.07, 6.45) is 1.50. The maximum atomic E-state index is 13.5. The largest absolute Gasteiger partial charge is 0.354 e. The lowest BCUT2D eigenvalue weighted by atomic mass is 10.0. The SMILES string of the molecule is CCCNC(=O)[C@H](Cc1ccccc1)N(Cc1cccc(Cl)c1)C(=O)Cc1ccccc1. The van der Waals surface area contributed by atoms with Crippen molar-refractivity contribution in [3.8, 4) is 0 Å². The van der Waals surface area contributed by atoms with Crippen LogP contribution in [0.3, 0.4) is 0 Å². The third-order valence-electron chi connectivity index (χ3n) is 5.26. The number of nitrogens with zero attached hydrogens (tertiary/aromatic N) is 1. The van der Waals surface area contributed by atoms with Crippen molar-refractivity contribution in [1.82, 2.24) is 10.2 Å². The summed E-state index contributed by atoms with van der Waals surface area (Å²) in [7, 11) is 0. The number of amides is 2. The molecule has 0 saturated heterocycles. The molecule has 0 bridgehead atoms. The average Bonchev–Trinajstić information content (AvgIpc) is 2.81. The molecule has 0 unspecified atom stereocenters. The van der Waals surface area contributed by atoms with Gasteiger partial charge in [0.2, 0.25) is 11.8 Å². The van der Waals surface area contributed by atoms with E-state index in [2.05, 4.69) is 5.32 Å². The van der Waals surface area contributed by atoms with Crippen molar-refractivity contribution in [2.75, 3.05) is 6.54 Å². The minimum absolute atomic E-state index is 0.0937. The van der Waals surface area contributed by atoms with Crippen LogP contribution in [0.15, 0.2) is 84.9 Å². The molecule has 0 aliphatic heterocycles. The maximum absolute atomic E-state index is 13.5. The third-order valence-corrected chi connectivity index (χ3v) is 5.50. The Labute approximate surface area is 195 Å². The highest BCUT2D eigenvalue weighted by molar-refractivity contribution is 6.30. The molecule has 3 aromatic rings. The molecule has 0 spiro atoms. The van der Waals surface area contributed by atoms with Crippen LogP contribution in [0.4, 0.5) is 0 Å². The molecular weight excluding hydrogens is 420 g/mol. The lowest BCUT2D eigenvalue weighted by Crippen LogP contribution is -2.51. The number of halogens is 1. The second-order valence-electron chi connectivity index (χ2n) is 7.81. The molecule has 166 valence electrons. The second-order valence-corrected chi connectivity index (χ2v) is 8.25. The van der Waals surface area contributed by atoms with E-state index in [1.807, 2.05) is 85.8 Å². The zero-order chi connectivity index (χ0) is 22.8. The lowest BCUT2D eigenvalue weighted by molar-refractivity contribution is -0.140. The molecule has 0 aliphatic carbocycles.